The smallest absolute Gasteiger partial charge is 0.0582 e. The first kappa shape index (κ1) is 9.35. The van der Waals surface area contributed by atoms with Gasteiger partial charge in [0.1, 0.15) is 0 Å². The Kier molecular flexibility index (Phi) is 3.12. The van der Waals surface area contributed by atoms with E-state index in [1.165, 1.54) is 12.8 Å². The molecule has 1 nitrogen and oxygen atoms in total. The highest BCUT2D eigenvalue weighted by atomic mass is 32.1. The molecule has 2 heteroatoms. The Morgan fingerprint density at radius 1 is 1.31 bits per heavy atom. The summed E-state index contributed by atoms with van der Waals surface area (Å²) in [6.07, 6.45) is 12.7. The standard InChI is InChI=1S/C11H16OS/c13-11-6-2-1-4-9(11)8-10-5-3-7-12-10/h1-2,4,6,9-11,13H,3,5,7-8H2. The van der Waals surface area contributed by atoms with Gasteiger partial charge in [0.05, 0.1) is 6.10 Å². The van der Waals surface area contributed by atoms with Gasteiger partial charge in [0.2, 0.25) is 0 Å². The molecule has 0 aromatic rings. The Balaban J connectivity index is 1.86. The highest BCUT2D eigenvalue weighted by Crippen LogP contribution is 2.27. The van der Waals surface area contributed by atoms with E-state index in [-0.39, 0.29) is 0 Å². The van der Waals surface area contributed by atoms with E-state index in [1.807, 2.05) is 0 Å². The number of hydrogen-bond donors (Lipinski definition) is 1. The average molecular weight is 196 g/mol. The molecule has 0 bridgehead atoms. The first-order chi connectivity index (χ1) is 6.36. The Labute approximate surface area is 85.3 Å². The number of allylic oxidation sites excluding steroid dienone is 3. The first-order valence-electron chi connectivity index (χ1n) is 5.01. The maximum Gasteiger partial charge on any atom is 0.0582 e. The van der Waals surface area contributed by atoms with Crippen LogP contribution in [0.2, 0.25) is 0 Å². The molecule has 3 atom stereocenters. The first-order valence-corrected chi connectivity index (χ1v) is 5.52. The van der Waals surface area contributed by atoms with Gasteiger partial charge >= 0.3 is 0 Å². The van der Waals surface area contributed by atoms with Crippen LogP contribution in [0, 0.1) is 5.92 Å². The van der Waals surface area contributed by atoms with E-state index in [1.54, 1.807) is 0 Å². The van der Waals surface area contributed by atoms with Crippen LogP contribution in [0.3, 0.4) is 0 Å². The van der Waals surface area contributed by atoms with Crippen LogP contribution in [0.1, 0.15) is 19.3 Å². The molecule has 1 aliphatic heterocycles. The zero-order valence-corrected chi connectivity index (χ0v) is 8.62. The molecule has 0 aromatic heterocycles. The molecule has 0 saturated carbocycles. The van der Waals surface area contributed by atoms with E-state index in [0.717, 1.165) is 13.0 Å². The molecule has 1 heterocycles. The largest absolute Gasteiger partial charge is 0.378 e. The van der Waals surface area contributed by atoms with Gasteiger partial charge in [0, 0.05) is 11.9 Å². The van der Waals surface area contributed by atoms with Crippen molar-refractivity contribution in [3.8, 4) is 0 Å². The van der Waals surface area contributed by atoms with Crippen molar-refractivity contribution in [2.75, 3.05) is 6.61 Å². The van der Waals surface area contributed by atoms with Gasteiger partial charge in [-0.15, -0.1) is 0 Å². The van der Waals surface area contributed by atoms with Crippen molar-refractivity contribution < 1.29 is 4.74 Å². The normalized spacial score (nSPS) is 38.4. The Morgan fingerprint density at radius 3 is 2.85 bits per heavy atom. The van der Waals surface area contributed by atoms with E-state index < -0.39 is 0 Å². The minimum Gasteiger partial charge on any atom is -0.378 e. The van der Waals surface area contributed by atoms with Crippen molar-refractivity contribution in [2.24, 2.45) is 5.92 Å². The minimum absolute atomic E-state index is 0.384. The Bertz CT molecular complexity index is 216. The second kappa shape index (κ2) is 4.34. The molecule has 0 N–H and O–H groups in total. The lowest BCUT2D eigenvalue weighted by atomic mass is 9.93. The van der Waals surface area contributed by atoms with Gasteiger partial charge in [-0.05, 0) is 25.2 Å². The van der Waals surface area contributed by atoms with E-state index in [0.29, 0.717) is 17.3 Å². The fourth-order valence-electron chi connectivity index (χ4n) is 1.99. The van der Waals surface area contributed by atoms with Crippen molar-refractivity contribution in [3.63, 3.8) is 0 Å². The highest BCUT2D eigenvalue weighted by molar-refractivity contribution is 7.81. The predicted octanol–water partition coefficient (Wildman–Crippen LogP) is 2.60. The summed E-state index contributed by atoms with van der Waals surface area (Å²) < 4.78 is 5.61. The molecule has 1 aliphatic carbocycles. The highest BCUT2D eigenvalue weighted by Gasteiger charge is 2.23. The van der Waals surface area contributed by atoms with Crippen molar-refractivity contribution in [2.45, 2.75) is 30.6 Å². The summed E-state index contributed by atoms with van der Waals surface area (Å²) in [4.78, 5) is 0. The summed E-state index contributed by atoms with van der Waals surface area (Å²) in [5.41, 5.74) is 0. The van der Waals surface area contributed by atoms with Crippen molar-refractivity contribution >= 4 is 12.6 Å². The van der Waals surface area contributed by atoms with Gasteiger partial charge in [-0.2, -0.15) is 12.6 Å². The lowest BCUT2D eigenvalue weighted by molar-refractivity contribution is 0.0956. The molecule has 0 radical (unpaired) electrons. The second-order valence-corrected chi connectivity index (χ2v) is 4.39. The molecule has 72 valence electrons. The van der Waals surface area contributed by atoms with Crippen LogP contribution in [0.25, 0.3) is 0 Å². The van der Waals surface area contributed by atoms with Crippen LogP contribution < -0.4 is 0 Å². The molecule has 0 spiro atoms. The van der Waals surface area contributed by atoms with Gasteiger partial charge in [0.15, 0.2) is 0 Å². The Hall–Kier alpha value is -0.210. The van der Waals surface area contributed by atoms with Gasteiger partial charge in [0.25, 0.3) is 0 Å². The third kappa shape index (κ3) is 2.38. The number of rotatable bonds is 2. The van der Waals surface area contributed by atoms with E-state index in [9.17, 15) is 0 Å². The summed E-state index contributed by atoms with van der Waals surface area (Å²) in [5.74, 6) is 0.566. The van der Waals surface area contributed by atoms with Crippen LogP contribution in [0.5, 0.6) is 0 Å². The second-order valence-electron chi connectivity index (χ2n) is 3.79. The molecule has 0 amide bonds. The quantitative estimate of drug-likeness (QED) is 0.668. The van der Waals surface area contributed by atoms with E-state index >= 15 is 0 Å². The molecular weight excluding hydrogens is 180 g/mol. The third-order valence-corrected chi connectivity index (χ3v) is 3.33. The van der Waals surface area contributed by atoms with Crippen molar-refractivity contribution in [1.29, 1.82) is 0 Å². The topological polar surface area (TPSA) is 9.23 Å². The van der Waals surface area contributed by atoms with E-state index in [4.69, 9.17) is 4.74 Å². The number of hydrogen-bond acceptors (Lipinski definition) is 2. The summed E-state index contributed by atoms with van der Waals surface area (Å²) in [7, 11) is 0. The maximum atomic E-state index is 5.61. The monoisotopic (exact) mass is 196 g/mol. The van der Waals surface area contributed by atoms with Gasteiger partial charge < -0.3 is 4.74 Å². The molecule has 0 aromatic carbocycles. The molecule has 1 fully saturated rings. The predicted molar refractivity (Wildman–Crippen MR) is 58.1 cm³/mol. The van der Waals surface area contributed by atoms with Crippen LogP contribution in [-0.4, -0.2) is 18.0 Å². The summed E-state index contributed by atoms with van der Waals surface area (Å²) in [5, 5.41) is 0.384. The lowest BCUT2D eigenvalue weighted by Gasteiger charge is -2.22. The fraction of sp³-hybridized carbons (Fsp3) is 0.636. The number of thiol groups is 1. The van der Waals surface area contributed by atoms with Gasteiger partial charge in [-0.3, -0.25) is 0 Å². The van der Waals surface area contributed by atoms with Crippen molar-refractivity contribution in [1.82, 2.24) is 0 Å². The molecule has 13 heavy (non-hydrogen) atoms. The zero-order valence-electron chi connectivity index (χ0n) is 7.73. The zero-order chi connectivity index (χ0) is 9.10. The summed E-state index contributed by atoms with van der Waals surface area (Å²) in [6, 6.07) is 0. The molecule has 2 aliphatic rings. The SMILES string of the molecule is SC1C=CC=CC1CC1CCCO1. The van der Waals surface area contributed by atoms with Crippen LogP contribution in [0.4, 0.5) is 0 Å². The molecular formula is C11H16OS. The van der Waals surface area contributed by atoms with Crippen LogP contribution >= 0.6 is 12.6 Å². The van der Waals surface area contributed by atoms with Gasteiger partial charge in [-0.25, -0.2) is 0 Å². The fourth-order valence-corrected chi connectivity index (χ4v) is 2.31. The molecule has 1 saturated heterocycles. The third-order valence-electron chi connectivity index (χ3n) is 2.78. The average Bonchev–Trinajstić information content (AvgIpc) is 2.61. The minimum atomic E-state index is 0.384. The Morgan fingerprint density at radius 2 is 2.15 bits per heavy atom. The molecule has 3 unspecified atom stereocenters. The molecule has 2 rings (SSSR count). The van der Waals surface area contributed by atoms with Crippen LogP contribution in [0.15, 0.2) is 24.3 Å². The van der Waals surface area contributed by atoms with E-state index in [2.05, 4.69) is 36.9 Å². The maximum absolute atomic E-state index is 5.61. The van der Waals surface area contributed by atoms with Crippen LogP contribution in [-0.2, 0) is 4.74 Å². The summed E-state index contributed by atoms with van der Waals surface area (Å²) in [6.45, 7) is 0.953. The lowest BCUT2D eigenvalue weighted by Crippen LogP contribution is -2.19. The van der Waals surface area contributed by atoms with Gasteiger partial charge in [-0.1, -0.05) is 24.3 Å². The number of ether oxygens (including phenoxy) is 1. The summed E-state index contributed by atoms with van der Waals surface area (Å²) >= 11 is 4.54. The van der Waals surface area contributed by atoms with Crippen molar-refractivity contribution in [3.05, 3.63) is 24.3 Å².